The molecule has 2 N–H and O–H groups in total. The van der Waals surface area contributed by atoms with Crippen molar-refractivity contribution in [3.05, 3.63) is 18.0 Å². The highest BCUT2D eigenvalue weighted by Crippen LogP contribution is 2.13. The molecule has 0 saturated heterocycles. The molecular weight excluding hydrogens is 200 g/mol. The molecule has 0 aliphatic heterocycles. The van der Waals surface area contributed by atoms with Crippen LogP contribution in [-0.2, 0) is 6.42 Å². The average molecular weight is 222 g/mol. The summed E-state index contributed by atoms with van der Waals surface area (Å²) in [5.74, 6) is 0.800. The summed E-state index contributed by atoms with van der Waals surface area (Å²) >= 11 is 0. The van der Waals surface area contributed by atoms with Crippen molar-refractivity contribution in [2.24, 2.45) is 5.73 Å². The van der Waals surface area contributed by atoms with Crippen LogP contribution in [0.2, 0.25) is 0 Å². The molecule has 90 valence electrons. The zero-order valence-corrected chi connectivity index (χ0v) is 10.5. The molecule has 0 aliphatic rings. The average Bonchev–Trinajstić information content (AvgIpc) is 2.32. The highest BCUT2D eigenvalue weighted by Gasteiger charge is 2.12. The van der Waals surface area contributed by atoms with E-state index in [0.29, 0.717) is 12.6 Å². The van der Waals surface area contributed by atoms with Crippen molar-refractivity contribution in [1.82, 2.24) is 9.97 Å². The Balaban J connectivity index is 2.72. The number of anilines is 1. The lowest BCUT2D eigenvalue weighted by atomic mass is 10.1. The lowest BCUT2D eigenvalue weighted by Gasteiger charge is -2.26. The number of rotatable bonds is 6. The van der Waals surface area contributed by atoms with Crippen molar-refractivity contribution in [3.63, 3.8) is 0 Å². The monoisotopic (exact) mass is 222 g/mol. The van der Waals surface area contributed by atoms with Gasteiger partial charge in [-0.1, -0.05) is 13.8 Å². The first-order chi connectivity index (χ1) is 7.72. The van der Waals surface area contributed by atoms with Gasteiger partial charge in [0, 0.05) is 25.5 Å². The zero-order valence-electron chi connectivity index (χ0n) is 10.5. The van der Waals surface area contributed by atoms with Crippen molar-refractivity contribution in [1.29, 1.82) is 0 Å². The summed E-state index contributed by atoms with van der Waals surface area (Å²) in [5.41, 5.74) is 6.58. The van der Waals surface area contributed by atoms with Gasteiger partial charge < -0.3 is 10.6 Å². The summed E-state index contributed by atoms with van der Waals surface area (Å²) < 4.78 is 0. The maximum Gasteiger partial charge on any atom is 0.225 e. The standard InChI is InChI=1S/C12H22N4/c1-4-11(5-2)16(3)12-14-8-10(6-7-13)9-15-12/h8-9,11H,4-7,13H2,1-3H3. The second-order valence-electron chi connectivity index (χ2n) is 4.01. The van der Waals surface area contributed by atoms with Crippen LogP contribution in [0.3, 0.4) is 0 Å². The molecule has 0 aromatic carbocycles. The molecule has 1 aromatic rings. The normalized spacial score (nSPS) is 10.8. The molecule has 0 aliphatic carbocycles. The minimum absolute atomic E-state index is 0.514. The fraction of sp³-hybridized carbons (Fsp3) is 0.667. The minimum atomic E-state index is 0.514. The molecule has 0 fully saturated rings. The van der Waals surface area contributed by atoms with Gasteiger partial charge in [-0.3, -0.25) is 0 Å². The van der Waals surface area contributed by atoms with Crippen LogP contribution in [0, 0.1) is 0 Å². The SMILES string of the molecule is CCC(CC)N(C)c1ncc(CCN)cn1. The number of aromatic nitrogens is 2. The zero-order chi connectivity index (χ0) is 12.0. The summed E-state index contributed by atoms with van der Waals surface area (Å²) in [6, 6.07) is 0.514. The van der Waals surface area contributed by atoms with Gasteiger partial charge in [0.15, 0.2) is 0 Å². The third-order valence-electron chi connectivity index (χ3n) is 2.93. The Hall–Kier alpha value is -1.16. The minimum Gasteiger partial charge on any atom is -0.341 e. The number of nitrogens with two attached hydrogens (primary N) is 1. The first-order valence-corrected chi connectivity index (χ1v) is 5.96. The van der Waals surface area contributed by atoms with Crippen LogP contribution in [-0.4, -0.2) is 29.6 Å². The molecule has 0 atom stereocenters. The maximum absolute atomic E-state index is 5.48. The topological polar surface area (TPSA) is 55.0 Å². The van der Waals surface area contributed by atoms with Gasteiger partial charge in [-0.2, -0.15) is 0 Å². The fourth-order valence-electron chi connectivity index (χ4n) is 1.83. The van der Waals surface area contributed by atoms with Crippen LogP contribution in [0.1, 0.15) is 32.3 Å². The smallest absolute Gasteiger partial charge is 0.225 e. The van der Waals surface area contributed by atoms with Crippen LogP contribution in [0.5, 0.6) is 0 Å². The highest BCUT2D eigenvalue weighted by molar-refractivity contribution is 5.30. The maximum atomic E-state index is 5.48. The molecule has 0 unspecified atom stereocenters. The van der Waals surface area contributed by atoms with Crippen molar-refractivity contribution >= 4 is 5.95 Å². The Bertz CT molecular complexity index is 292. The van der Waals surface area contributed by atoms with Crippen LogP contribution < -0.4 is 10.6 Å². The molecule has 0 radical (unpaired) electrons. The van der Waals surface area contributed by atoms with E-state index in [9.17, 15) is 0 Å². The molecule has 1 heterocycles. The van der Waals surface area contributed by atoms with Gasteiger partial charge in [-0.15, -0.1) is 0 Å². The summed E-state index contributed by atoms with van der Waals surface area (Å²) in [6.45, 7) is 5.02. The Morgan fingerprint density at radius 2 is 1.81 bits per heavy atom. The predicted octanol–water partition coefficient (Wildman–Crippen LogP) is 1.60. The van der Waals surface area contributed by atoms with Crippen LogP contribution in [0.4, 0.5) is 5.95 Å². The third-order valence-corrected chi connectivity index (χ3v) is 2.93. The highest BCUT2D eigenvalue weighted by atomic mass is 15.2. The lowest BCUT2D eigenvalue weighted by Crippen LogP contribution is -2.31. The van der Waals surface area contributed by atoms with Gasteiger partial charge in [0.2, 0.25) is 5.95 Å². The van der Waals surface area contributed by atoms with E-state index in [1.165, 1.54) is 0 Å². The number of hydrogen-bond acceptors (Lipinski definition) is 4. The van der Waals surface area contributed by atoms with Crippen LogP contribution in [0.25, 0.3) is 0 Å². The first-order valence-electron chi connectivity index (χ1n) is 5.96. The second-order valence-corrected chi connectivity index (χ2v) is 4.01. The van der Waals surface area contributed by atoms with E-state index >= 15 is 0 Å². The van der Waals surface area contributed by atoms with Gasteiger partial charge in [-0.05, 0) is 31.4 Å². The predicted molar refractivity (Wildman–Crippen MR) is 67.6 cm³/mol. The third kappa shape index (κ3) is 3.17. The van der Waals surface area contributed by atoms with Crippen molar-refractivity contribution in [2.45, 2.75) is 39.2 Å². The molecule has 4 heteroatoms. The van der Waals surface area contributed by atoms with Gasteiger partial charge in [0.05, 0.1) is 0 Å². The Morgan fingerprint density at radius 3 is 2.25 bits per heavy atom. The lowest BCUT2D eigenvalue weighted by molar-refractivity contribution is 0.580. The molecule has 1 rings (SSSR count). The van der Waals surface area contributed by atoms with E-state index in [4.69, 9.17) is 5.73 Å². The Morgan fingerprint density at radius 1 is 1.25 bits per heavy atom. The summed E-state index contributed by atoms with van der Waals surface area (Å²) in [4.78, 5) is 10.9. The van der Waals surface area contributed by atoms with Crippen molar-refractivity contribution in [3.8, 4) is 0 Å². The number of nitrogens with zero attached hydrogens (tertiary/aromatic N) is 3. The molecule has 4 nitrogen and oxygen atoms in total. The van der Waals surface area contributed by atoms with E-state index in [2.05, 4.69) is 35.8 Å². The second kappa shape index (κ2) is 6.43. The molecule has 0 saturated carbocycles. The van der Waals surface area contributed by atoms with Crippen molar-refractivity contribution < 1.29 is 0 Å². The van der Waals surface area contributed by atoms with E-state index in [1.54, 1.807) is 0 Å². The summed E-state index contributed by atoms with van der Waals surface area (Å²) in [6.07, 6.45) is 6.80. The van der Waals surface area contributed by atoms with Gasteiger partial charge in [-0.25, -0.2) is 9.97 Å². The quantitative estimate of drug-likeness (QED) is 0.794. The Kier molecular flexibility index (Phi) is 5.19. The molecular formula is C12H22N4. The van der Waals surface area contributed by atoms with Gasteiger partial charge in [0.25, 0.3) is 0 Å². The van der Waals surface area contributed by atoms with Crippen LogP contribution in [0.15, 0.2) is 12.4 Å². The molecule has 16 heavy (non-hydrogen) atoms. The summed E-state index contributed by atoms with van der Waals surface area (Å²) in [5, 5.41) is 0. The van der Waals surface area contributed by atoms with E-state index in [-0.39, 0.29) is 0 Å². The largest absolute Gasteiger partial charge is 0.341 e. The fourth-order valence-corrected chi connectivity index (χ4v) is 1.83. The van der Waals surface area contributed by atoms with Gasteiger partial charge >= 0.3 is 0 Å². The van der Waals surface area contributed by atoms with Crippen molar-refractivity contribution in [2.75, 3.05) is 18.5 Å². The summed E-state index contributed by atoms with van der Waals surface area (Å²) in [7, 11) is 2.05. The van der Waals surface area contributed by atoms with E-state index in [1.807, 2.05) is 12.4 Å². The molecule has 0 bridgehead atoms. The molecule has 0 amide bonds. The first kappa shape index (κ1) is 12.9. The van der Waals surface area contributed by atoms with Gasteiger partial charge in [0.1, 0.15) is 0 Å². The molecule has 1 aromatic heterocycles. The van der Waals surface area contributed by atoms with E-state index in [0.717, 1.165) is 30.8 Å². The number of hydrogen-bond donors (Lipinski definition) is 1. The van der Waals surface area contributed by atoms with E-state index < -0.39 is 0 Å². The Labute approximate surface area is 97.9 Å². The molecule has 0 spiro atoms. The van der Waals surface area contributed by atoms with Crippen LogP contribution >= 0.6 is 0 Å².